The molecule has 0 radical (unpaired) electrons. The summed E-state index contributed by atoms with van der Waals surface area (Å²) in [4.78, 5) is 27.6. The topological polar surface area (TPSA) is 61.4 Å². The number of carbonyl (C=O) groups is 2. The molecule has 2 heterocycles. The van der Waals surface area contributed by atoms with E-state index >= 15 is 0 Å². The minimum atomic E-state index is -0.0894. The zero-order valence-electron chi connectivity index (χ0n) is 13.6. The Morgan fingerprint density at radius 1 is 1.48 bits per heavy atom. The molecule has 5 nitrogen and oxygen atoms in total. The van der Waals surface area contributed by atoms with E-state index in [1.807, 2.05) is 37.1 Å². The second-order valence-corrected chi connectivity index (χ2v) is 7.66. The first kappa shape index (κ1) is 16.3. The van der Waals surface area contributed by atoms with E-state index in [9.17, 15) is 9.59 Å². The van der Waals surface area contributed by atoms with Gasteiger partial charge in [-0.1, -0.05) is 0 Å². The van der Waals surface area contributed by atoms with Gasteiger partial charge in [0.1, 0.15) is 0 Å². The van der Waals surface area contributed by atoms with Crippen molar-refractivity contribution in [1.82, 2.24) is 10.2 Å². The number of fused-ring (bicyclic) bond motifs is 1. The number of nitrogens with one attached hydrogen (secondary N) is 2. The van der Waals surface area contributed by atoms with Gasteiger partial charge in [0.05, 0.1) is 10.9 Å². The van der Waals surface area contributed by atoms with Gasteiger partial charge >= 0.3 is 0 Å². The third-order valence-electron chi connectivity index (χ3n) is 4.46. The maximum atomic E-state index is 12.8. The number of piperidine rings is 1. The van der Waals surface area contributed by atoms with Crippen LogP contribution in [0.15, 0.2) is 23.1 Å². The lowest BCUT2D eigenvalue weighted by Crippen LogP contribution is -2.42. The molecule has 2 aliphatic rings. The fourth-order valence-electron chi connectivity index (χ4n) is 3.23. The summed E-state index contributed by atoms with van der Waals surface area (Å²) in [7, 11) is 1.95. The quantitative estimate of drug-likeness (QED) is 0.890. The van der Waals surface area contributed by atoms with Crippen LogP contribution in [0.3, 0.4) is 0 Å². The van der Waals surface area contributed by atoms with Crippen molar-refractivity contribution in [3.05, 3.63) is 23.8 Å². The van der Waals surface area contributed by atoms with E-state index < -0.39 is 0 Å². The highest BCUT2D eigenvalue weighted by molar-refractivity contribution is 8.00. The van der Waals surface area contributed by atoms with Crippen LogP contribution >= 0.6 is 11.8 Å². The van der Waals surface area contributed by atoms with Gasteiger partial charge in [-0.15, -0.1) is 11.8 Å². The number of hydrogen-bond donors (Lipinski definition) is 2. The molecule has 0 spiro atoms. The number of carbonyl (C=O) groups excluding carboxylic acids is 2. The number of amides is 2. The van der Waals surface area contributed by atoms with Crippen molar-refractivity contribution in [2.45, 2.75) is 29.9 Å². The van der Waals surface area contributed by atoms with Gasteiger partial charge in [0.25, 0.3) is 5.91 Å². The van der Waals surface area contributed by atoms with E-state index in [0.29, 0.717) is 11.5 Å². The molecule has 0 aromatic heterocycles. The van der Waals surface area contributed by atoms with Crippen LogP contribution in [0.1, 0.15) is 30.1 Å². The van der Waals surface area contributed by atoms with Gasteiger partial charge in [-0.05, 0) is 57.5 Å². The normalized spacial score (nSPS) is 24.1. The summed E-state index contributed by atoms with van der Waals surface area (Å²) < 4.78 is 0. The summed E-state index contributed by atoms with van der Waals surface area (Å²) in [6.45, 7) is 4.44. The predicted molar refractivity (Wildman–Crippen MR) is 92.9 cm³/mol. The van der Waals surface area contributed by atoms with Gasteiger partial charge in [0.15, 0.2) is 0 Å². The lowest BCUT2D eigenvalue weighted by molar-refractivity contribution is -0.115. The molecule has 2 amide bonds. The maximum absolute atomic E-state index is 12.8. The Labute approximate surface area is 141 Å². The molecular formula is C17H23N3O2S. The number of nitrogens with zero attached hydrogens (tertiary/aromatic N) is 1. The summed E-state index contributed by atoms with van der Waals surface area (Å²) in [6, 6.07) is 5.63. The molecule has 2 atom stereocenters. The first-order valence-electron chi connectivity index (χ1n) is 8.14. The smallest absolute Gasteiger partial charge is 0.253 e. The zero-order valence-corrected chi connectivity index (χ0v) is 14.4. The number of hydrogen-bond acceptors (Lipinski definition) is 4. The molecule has 1 saturated heterocycles. The summed E-state index contributed by atoms with van der Waals surface area (Å²) in [5.74, 6) is 0.581. The monoisotopic (exact) mass is 333 g/mol. The van der Waals surface area contributed by atoms with Crippen molar-refractivity contribution >= 4 is 29.3 Å². The number of rotatable bonds is 3. The second kappa shape index (κ2) is 6.93. The first-order chi connectivity index (χ1) is 11.1. The lowest BCUT2D eigenvalue weighted by Gasteiger charge is -2.33. The molecule has 1 fully saturated rings. The standard InChI is InChI=1S/C17H23N3O2S/c1-11-16(21)19-14-8-13(5-6-15(14)23-11)17(22)20-7-3-4-12(10-20)9-18-2/h5-6,8,11-12,18H,3-4,7,9-10H2,1-2H3,(H,19,21). The molecule has 1 aromatic carbocycles. The van der Waals surface area contributed by atoms with Crippen molar-refractivity contribution < 1.29 is 9.59 Å². The van der Waals surface area contributed by atoms with Crippen LogP contribution in [0.4, 0.5) is 5.69 Å². The van der Waals surface area contributed by atoms with Crippen LogP contribution < -0.4 is 10.6 Å². The zero-order chi connectivity index (χ0) is 16.4. The predicted octanol–water partition coefficient (Wildman–Crippen LogP) is 2.19. The average molecular weight is 333 g/mol. The molecule has 23 heavy (non-hydrogen) atoms. The average Bonchev–Trinajstić information content (AvgIpc) is 2.55. The fourth-order valence-corrected chi connectivity index (χ4v) is 4.16. The highest BCUT2D eigenvalue weighted by atomic mass is 32.2. The summed E-state index contributed by atoms with van der Waals surface area (Å²) >= 11 is 1.54. The number of benzene rings is 1. The van der Waals surface area contributed by atoms with E-state index in [-0.39, 0.29) is 17.1 Å². The van der Waals surface area contributed by atoms with Gasteiger partial charge < -0.3 is 15.5 Å². The van der Waals surface area contributed by atoms with Gasteiger partial charge in [-0.25, -0.2) is 0 Å². The largest absolute Gasteiger partial charge is 0.338 e. The number of thioether (sulfide) groups is 1. The van der Waals surface area contributed by atoms with E-state index in [1.54, 1.807) is 0 Å². The van der Waals surface area contributed by atoms with Crippen molar-refractivity contribution in [2.24, 2.45) is 5.92 Å². The van der Waals surface area contributed by atoms with Crippen molar-refractivity contribution in [3.63, 3.8) is 0 Å². The minimum Gasteiger partial charge on any atom is -0.338 e. The van der Waals surface area contributed by atoms with Crippen molar-refractivity contribution in [2.75, 3.05) is 32.0 Å². The van der Waals surface area contributed by atoms with Gasteiger partial charge in [-0.3, -0.25) is 9.59 Å². The van der Waals surface area contributed by atoms with Crippen LogP contribution in [0.5, 0.6) is 0 Å². The summed E-state index contributed by atoms with van der Waals surface area (Å²) in [5.41, 5.74) is 1.41. The van der Waals surface area contributed by atoms with Crippen LogP contribution in [0, 0.1) is 5.92 Å². The first-order valence-corrected chi connectivity index (χ1v) is 9.02. The third kappa shape index (κ3) is 3.53. The molecular weight excluding hydrogens is 310 g/mol. The van der Waals surface area contributed by atoms with Crippen molar-refractivity contribution in [1.29, 1.82) is 0 Å². The molecule has 1 aromatic rings. The highest BCUT2D eigenvalue weighted by Crippen LogP contribution is 2.36. The Balaban J connectivity index is 1.75. The molecule has 2 unspecified atom stereocenters. The van der Waals surface area contributed by atoms with Crippen LogP contribution in [-0.2, 0) is 4.79 Å². The molecule has 2 N–H and O–H groups in total. The molecule has 2 aliphatic heterocycles. The van der Waals surface area contributed by atoms with E-state index in [4.69, 9.17) is 0 Å². The van der Waals surface area contributed by atoms with E-state index in [0.717, 1.165) is 36.6 Å². The Kier molecular flexibility index (Phi) is 4.92. The maximum Gasteiger partial charge on any atom is 0.253 e. The van der Waals surface area contributed by atoms with Crippen molar-refractivity contribution in [3.8, 4) is 0 Å². The third-order valence-corrected chi connectivity index (χ3v) is 5.63. The van der Waals surface area contributed by atoms with Crippen LogP contribution in [0.2, 0.25) is 0 Å². The molecule has 6 heteroatoms. The second-order valence-electron chi connectivity index (χ2n) is 6.28. The Morgan fingerprint density at radius 3 is 3.09 bits per heavy atom. The highest BCUT2D eigenvalue weighted by Gasteiger charge is 2.27. The molecule has 124 valence electrons. The van der Waals surface area contributed by atoms with Crippen LogP contribution in [-0.4, -0.2) is 48.6 Å². The van der Waals surface area contributed by atoms with Gasteiger partial charge in [0.2, 0.25) is 5.91 Å². The van der Waals surface area contributed by atoms with Gasteiger partial charge in [0, 0.05) is 23.5 Å². The Morgan fingerprint density at radius 2 is 2.30 bits per heavy atom. The molecule has 0 aliphatic carbocycles. The minimum absolute atomic E-state index is 0.000782. The van der Waals surface area contributed by atoms with Crippen LogP contribution in [0.25, 0.3) is 0 Å². The van der Waals surface area contributed by atoms with E-state index in [2.05, 4.69) is 10.6 Å². The Bertz CT molecular complexity index is 618. The Hall–Kier alpha value is -1.53. The van der Waals surface area contributed by atoms with Gasteiger partial charge in [-0.2, -0.15) is 0 Å². The molecule has 3 rings (SSSR count). The summed E-state index contributed by atoms with van der Waals surface area (Å²) in [6.07, 6.45) is 2.21. The number of anilines is 1. The molecule has 0 saturated carbocycles. The fraction of sp³-hybridized carbons (Fsp3) is 0.529. The number of likely N-dealkylation sites (tertiary alicyclic amines) is 1. The van der Waals surface area contributed by atoms with E-state index in [1.165, 1.54) is 18.2 Å². The SMILES string of the molecule is CNCC1CCCN(C(=O)c2ccc3c(c2)NC(=O)C(C)S3)C1. The lowest BCUT2D eigenvalue weighted by atomic mass is 9.97. The molecule has 0 bridgehead atoms. The summed E-state index contributed by atoms with van der Waals surface area (Å²) in [5, 5.41) is 6.01.